The fraction of sp³-hybridized carbons (Fsp3) is 0.190. The van der Waals surface area contributed by atoms with E-state index in [2.05, 4.69) is 29.1 Å². The van der Waals surface area contributed by atoms with Crippen molar-refractivity contribution in [2.75, 3.05) is 0 Å². The molecular formula is C21H19BrF2N2O. The average molecular weight is 433 g/mol. The number of fused-ring (bicyclic) bond motifs is 1. The minimum Gasteiger partial charge on any atom is -0.434 e. The lowest BCUT2D eigenvalue weighted by Gasteiger charge is -2.16. The second-order valence-electron chi connectivity index (χ2n) is 5.98. The Morgan fingerprint density at radius 3 is 2.74 bits per heavy atom. The Labute approximate surface area is 165 Å². The predicted octanol–water partition coefficient (Wildman–Crippen LogP) is 6.21. The average Bonchev–Trinajstić information content (AvgIpc) is 2.97. The van der Waals surface area contributed by atoms with Gasteiger partial charge in [0.15, 0.2) is 0 Å². The second-order valence-corrected chi connectivity index (χ2v) is 6.90. The number of allylic oxidation sites excluding steroid dienone is 1. The molecule has 3 nitrogen and oxygen atoms in total. The first-order valence-corrected chi connectivity index (χ1v) is 9.27. The third kappa shape index (κ3) is 4.27. The fourth-order valence-corrected chi connectivity index (χ4v) is 3.40. The van der Waals surface area contributed by atoms with Crippen molar-refractivity contribution in [2.45, 2.75) is 26.0 Å². The van der Waals surface area contributed by atoms with Gasteiger partial charge in [-0.1, -0.05) is 46.8 Å². The van der Waals surface area contributed by atoms with Gasteiger partial charge in [-0.25, -0.2) is 4.98 Å². The topological polar surface area (TPSA) is 27.1 Å². The van der Waals surface area contributed by atoms with Gasteiger partial charge in [0.1, 0.15) is 11.6 Å². The molecule has 0 saturated heterocycles. The molecule has 0 fully saturated rings. The van der Waals surface area contributed by atoms with Gasteiger partial charge in [0, 0.05) is 16.5 Å². The molecule has 0 aliphatic carbocycles. The summed E-state index contributed by atoms with van der Waals surface area (Å²) < 4.78 is 33.5. The first-order chi connectivity index (χ1) is 13.0. The molecule has 0 N–H and O–H groups in total. The van der Waals surface area contributed by atoms with E-state index < -0.39 is 6.61 Å². The van der Waals surface area contributed by atoms with Crippen LogP contribution in [0.25, 0.3) is 17.1 Å². The van der Waals surface area contributed by atoms with Crippen molar-refractivity contribution in [1.29, 1.82) is 0 Å². The van der Waals surface area contributed by atoms with Crippen molar-refractivity contribution < 1.29 is 13.5 Å². The van der Waals surface area contributed by atoms with E-state index in [0.29, 0.717) is 18.5 Å². The van der Waals surface area contributed by atoms with Crippen LogP contribution in [0, 0.1) is 0 Å². The number of hydrogen-bond acceptors (Lipinski definition) is 2. The highest BCUT2D eigenvalue weighted by molar-refractivity contribution is 9.10. The third-order valence-corrected chi connectivity index (χ3v) is 4.78. The number of aryl methyl sites for hydroxylation is 1. The van der Waals surface area contributed by atoms with E-state index in [4.69, 9.17) is 9.72 Å². The Hall–Kier alpha value is -2.47. The van der Waals surface area contributed by atoms with Crippen LogP contribution in [0.3, 0.4) is 0 Å². The van der Waals surface area contributed by atoms with Gasteiger partial charge < -0.3 is 9.30 Å². The molecule has 27 heavy (non-hydrogen) atoms. The fourth-order valence-electron chi connectivity index (χ4n) is 3.05. The van der Waals surface area contributed by atoms with Crippen molar-refractivity contribution in [3.8, 4) is 5.75 Å². The van der Waals surface area contributed by atoms with E-state index in [1.807, 2.05) is 34.9 Å². The maximum atomic E-state index is 12.9. The molecule has 2 aromatic carbocycles. The molecule has 0 atom stereocenters. The minimum atomic E-state index is -2.89. The normalized spacial score (nSPS) is 11.1. The lowest BCUT2D eigenvalue weighted by molar-refractivity contribution is -0.0504. The molecule has 0 saturated carbocycles. The van der Waals surface area contributed by atoms with Crippen LogP contribution in [0.15, 0.2) is 60.1 Å². The van der Waals surface area contributed by atoms with E-state index in [0.717, 1.165) is 33.3 Å². The molecule has 0 unspecified atom stereocenters. The van der Waals surface area contributed by atoms with Gasteiger partial charge >= 0.3 is 6.61 Å². The summed E-state index contributed by atoms with van der Waals surface area (Å²) in [5.74, 6) is 1.01. The zero-order valence-corrected chi connectivity index (χ0v) is 16.3. The highest BCUT2D eigenvalue weighted by atomic mass is 79.9. The quantitative estimate of drug-likeness (QED) is 0.395. The van der Waals surface area contributed by atoms with Crippen molar-refractivity contribution in [3.05, 3.63) is 77.1 Å². The van der Waals surface area contributed by atoms with Crippen molar-refractivity contribution in [2.24, 2.45) is 0 Å². The van der Waals surface area contributed by atoms with E-state index >= 15 is 0 Å². The van der Waals surface area contributed by atoms with Crippen LogP contribution in [-0.2, 0) is 13.0 Å². The minimum absolute atomic E-state index is 0.147. The number of ether oxygens (including phenoxy) is 1. The summed E-state index contributed by atoms with van der Waals surface area (Å²) in [6, 6.07) is 10.9. The molecule has 0 radical (unpaired) electrons. The lowest BCUT2D eigenvalue weighted by atomic mass is 10.1. The van der Waals surface area contributed by atoms with E-state index in [-0.39, 0.29) is 5.75 Å². The molecule has 1 heterocycles. The number of aromatic nitrogens is 2. The number of rotatable bonds is 8. The van der Waals surface area contributed by atoms with Crippen LogP contribution in [-0.4, -0.2) is 16.2 Å². The third-order valence-electron chi connectivity index (χ3n) is 4.28. The molecule has 0 aliphatic rings. The monoisotopic (exact) mass is 432 g/mol. The summed E-state index contributed by atoms with van der Waals surface area (Å²) >= 11 is 3.49. The second kappa shape index (κ2) is 8.48. The Kier molecular flexibility index (Phi) is 6.06. The van der Waals surface area contributed by atoms with Crippen LogP contribution in [0.2, 0.25) is 0 Å². The van der Waals surface area contributed by atoms with Gasteiger partial charge in [-0.05, 0) is 36.2 Å². The molecule has 140 valence electrons. The van der Waals surface area contributed by atoms with Crippen molar-refractivity contribution >= 4 is 33.0 Å². The number of benzene rings is 2. The largest absolute Gasteiger partial charge is 0.434 e. The standard InChI is InChI=1S/C21H19BrF2N2O/c1-3-5-9-20-25-17-11-10-15(22)12-18(17)26(20)13-16-14(4-2)7-6-8-19(16)27-21(23)24/h3-4,6-8,10-12,21H,1-2,5,9,13H2. The number of halogens is 3. The predicted molar refractivity (Wildman–Crippen MR) is 108 cm³/mol. The Bertz CT molecular complexity index is 982. The van der Waals surface area contributed by atoms with Crippen LogP contribution >= 0.6 is 15.9 Å². The molecule has 0 aliphatic heterocycles. The Morgan fingerprint density at radius 2 is 2.04 bits per heavy atom. The zero-order chi connectivity index (χ0) is 19.4. The van der Waals surface area contributed by atoms with Crippen LogP contribution in [0.4, 0.5) is 8.78 Å². The SMILES string of the molecule is C=CCCc1nc2ccc(Br)cc2n1Cc1c(C=C)cccc1OC(F)F. The van der Waals surface area contributed by atoms with Gasteiger partial charge in [0.05, 0.1) is 17.6 Å². The van der Waals surface area contributed by atoms with Gasteiger partial charge in [-0.2, -0.15) is 8.78 Å². The van der Waals surface area contributed by atoms with Gasteiger partial charge in [-0.3, -0.25) is 0 Å². The number of alkyl halides is 2. The van der Waals surface area contributed by atoms with Gasteiger partial charge in [-0.15, -0.1) is 6.58 Å². The molecule has 3 aromatic rings. The summed E-state index contributed by atoms with van der Waals surface area (Å²) in [7, 11) is 0. The molecule has 0 bridgehead atoms. The molecule has 0 spiro atoms. The summed E-state index contributed by atoms with van der Waals surface area (Å²) in [5.41, 5.74) is 3.17. The van der Waals surface area contributed by atoms with E-state index in [9.17, 15) is 8.78 Å². The molecule has 0 amide bonds. The summed E-state index contributed by atoms with van der Waals surface area (Å²) in [6.45, 7) is 5.03. The van der Waals surface area contributed by atoms with Crippen molar-refractivity contribution in [1.82, 2.24) is 9.55 Å². The number of imidazole rings is 1. The number of hydrogen-bond donors (Lipinski definition) is 0. The number of nitrogens with zero attached hydrogens (tertiary/aromatic N) is 2. The van der Waals surface area contributed by atoms with Crippen LogP contribution in [0.5, 0.6) is 5.75 Å². The van der Waals surface area contributed by atoms with Crippen LogP contribution < -0.4 is 4.74 Å². The molecule has 1 aromatic heterocycles. The van der Waals surface area contributed by atoms with Crippen molar-refractivity contribution in [3.63, 3.8) is 0 Å². The Morgan fingerprint density at radius 1 is 1.22 bits per heavy atom. The van der Waals surface area contributed by atoms with Gasteiger partial charge in [0.25, 0.3) is 0 Å². The summed E-state index contributed by atoms with van der Waals surface area (Å²) in [4.78, 5) is 4.71. The Balaban J connectivity index is 2.14. The first-order valence-electron chi connectivity index (χ1n) is 8.48. The maximum absolute atomic E-state index is 12.9. The smallest absolute Gasteiger partial charge is 0.387 e. The maximum Gasteiger partial charge on any atom is 0.387 e. The lowest BCUT2D eigenvalue weighted by Crippen LogP contribution is -2.10. The summed E-state index contributed by atoms with van der Waals surface area (Å²) in [5, 5.41) is 0. The summed E-state index contributed by atoms with van der Waals surface area (Å²) in [6.07, 6.45) is 4.96. The van der Waals surface area contributed by atoms with Gasteiger partial charge in [0.2, 0.25) is 0 Å². The highest BCUT2D eigenvalue weighted by Crippen LogP contribution is 2.29. The highest BCUT2D eigenvalue weighted by Gasteiger charge is 2.17. The molecule has 3 rings (SSSR count). The zero-order valence-electron chi connectivity index (χ0n) is 14.7. The van der Waals surface area contributed by atoms with Crippen LogP contribution in [0.1, 0.15) is 23.4 Å². The van der Waals surface area contributed by atoms with E-state index in [1.165, 1.54) is 0 Å². The molecular weight excluding hydrogens is 414 g/mol. The van der Waals surface area contributed by atoms with E-state index in [1.54, 1.807) is 18.2 Å². The first kappa shape index (κ1) is 19.3. The molecule has 6 heteroatoms.